The number of benzene rings is 10. The maximum Gasteiger partial charge on any atom is 0.0467 e. The summed E-state index contributed by atoms with van der Waals surface area (Å²) in [5, 5.41) is 5.16. The van der Waals surface area contributed by atoms with Crippen LogP contribution in [0.5, 0.6) is 0 Å². The first-order valence-electron chi connectivity index (χ1n) is 21.8. The van der Waals surface area contributed by atoms with E-state index in [9.17, 15) is 0 Å². The van der Waals surface area contributed by atoms with Crippen molar-refractivity contribution in [1.82, 2.24) is 0 Å². The van der Waals surface area contributed by atoms with E-state index >= 15 is 0 Å². The highest BCUT2D eigenvalue weighted by Crippen LogP contribution is 2.50. The van der Waals surface area contributed by atoms with Gasteiger partial charge in [-0.3, -0.25) is 0 Å². The van der Waals surface area contributed by atoms with Gasteiger partial charge in [-0.15, -0.1) is 11.3 Å². The van der Waals surface area contributed by atoms with Crippen LogP contribution in [0.4, 0.5) is 17.1 Å². The molecule has 0 bridgehead atoms. The standard InChI is InChI=1S/C61H43NS/c1-61(2)56-24-7-5-20-53(56)54-36-31-45(39-57(54)61)40-27-32-47(33-28-40)62(48-34-29-42(30-35-48)52-23-12-26-59-60(52)55-21-6-8-25-58(55)63-59)49-18-10-16-44(38-49)43-15-9-17-46(37-43)51-22-11-14-41-13-3-4-19-50(41)51/h3-39H,1-2H3. The summed E-state index contributed by atoms with van der Waals surface area (Å²) in [6.45, 7) is 4.70. The van der Waals surface area contributed by atoms with E-state index in [0.717, 1.165) is 17.1 Å². The number of nitrogens with zero attached hydrogens (tertiary/aromatic N) is 1. The van der Waals surface area contributed by atoms with Crippen molar-refractivity contribution in [2.24, 2.45) is 0 Å². The molecule has 1 aliphatic carbocycles. The zero-order valence-corrected chi connectivity index (χ0v) is 36.0. The van der Waals surface area contributed by atoms with E-state index in [2.05, 4.69) is 243 Å². The fourth-order valence-electron chi connectivity index (χ4n) is 10.1. The van der Waals surface area contributed by atoms with Gasteiger partial charge in [0.2, 0.25) is 0 Å². The Bertz CT molecular complexity index is 3530. The van der Waals surface area contributed by atoms with Crippen LogP contribution in [0.1, 0.15) is 25.0 Å². The van der Waals surface area contributed by atoms with Crippen LogP contribution in [0.2, 0.25) is 0 Å². The molecule has 0 atom stereocenters. The van der Waals surface area contributed by atoms with Gasteiger partial charge in [-0.25, -0.2) is 0 Å². The van der Waals surface area contributed by atoms with Crippen LogP contribution in [-0.2, 0) is 5.41 Å². The highest BCUT2D eigenvalue weighted by Gasteiger charge is 2.35. The van der Waals surface area contributed by atoms with Crippen LogP contribution < -0.4 is 4.90 Å². The first-order chi connectivity index (χ1) is 31.0. The van der Waals surface area contributed by atoms with Crippen molar-refractivity contribution in [3.63, 3.8) is 0 Å². The van der Waals surface area contributed by atoms with Crippen molar-refractivity contribution in [3.05, 3.63) is 236 Å². The van der Waals surface area contributed by atoms with Crippen molar-refractivity contribution < 1.29 is 0 Å². The summed E-state index contributed by atoms with van der Waals surface area (Å²) < 4.78 is 2.64. The minimum Gasteiger partial charge on any atom is -0.310 e. The second-order valence-corrected chi connectivity index (χ2v) is 18.4. The number of thiophene rings is 1. The summed E-state index contributed by atoms with van der Waals surface area (Å²) in [7, 11) is 0. The smallest absolute Gasteiger partial charge is 0.0467 e. The molecule has 298 valence electrons. The first-order valence-corrected chi connectivity index (χ1v) is 22.6. The van der Waals surface area contributed by atoms with Crippen LogP contribution >= 0.6 is 11.3 Å². The molecule has 10 aromatic carbocycles. The van der Waals surface area contributed by atoms with E-state index in [1.165, 1.54) is 97.7 Å². The van der Waals surface area contributed by atoms with Crippen molar-refractivity contribution in [1.29, 1.82) is 0 Å². The molecule has 0 saturated carbocycles. The van der Waals surface area contributed by atoms with E-state index in [4.69, 9.17) is 0 Å². The molecule has 0 saturated heterocycles. The van der Waals surface area contributed by atoms with E-state index in [1.54, 1.807) is 0 Å². The number of hydrogen-bond acceptors (Lipinski definition) is 2. The zero-order valence-electron chi connectivity index (χ0n) is 35.2. The maximum atomic E-state index is 2.41. The van der Waals surface area contributed by atoms with Gasteiger partial charge in [0.15, 0.2) is 0 Å². The van der Waals surface area contributed by atoms with Crippen molar-refractivity contribution in [2.45, 2.75) is 19.3 Å². The van der Waals surface area contributed by atoms with Gasteiger partial charge in [0.25, 0.3) is 0 Å². The summed E-state index contributed by atoms with van der Waals surface area (Å²) >= 11 is 1.87. The summed E-state index contributed by atoms with van der Waals surface area (Å²) in [5.41, 5.74) is 18.5. The van der Waals surface area contributed by atoms with Crippen molar-refractivity contribution >= 4 is 59.3 Å². The number of hydrogen-bond donors (Lipinski definition) is 0. The summed E-state index contributed by atoms with van der Waals surface area (Å²) in [5.74, 6) is 0. The lowest BCUT2D eigenvalue weighted by atomic mass is 9.81. The fraction of sp³-hybridized carbons (Fsp3) is 0.0492. The van der Waals surface area contributed by atoms with E-state index in [-0.39, 0.29) is 5.41 Å². The third-order valence-electron chi connectivity index (χ3n) is 13.3. The van der Waals surface area contributed by atoms with Crippen LogP contribution in [0.3, 0.4) is 0 Å². The Morgan fingerprint density at radius 1 is 0.333 bits per heavy atom. The molecule has 0 radical (unpaired) electrons. The van der Waals surface area contributed by atoms with E-state index < -0.39 is 0 Å². The van der Waals surface area contributed by atoms with Gasteiger partial charge in [-0.2, -0.15) is 0 Å². The predicted molar refractivity (Wildman–Crippen MR) is 271 cm³/mol. The van der Waals surface area contributed by atoms with Gasteiger partial charge in [0, 0.05) is 42.6 Å². The number of anilines is 3. The molecule has 63 heavy (non-hydrogen) atoms. The third-order valence-corrected chi connectivity index (χ3v) is 14.4. The lowest BCUT2D eigenvalue weighted by Gasteiger charge is -2.27. The van der Waals surface area contributed by atoms with Crippen LogP contribution in [0, 0.1) is 0 Å². The zero-order chi connectivity index (χ0) is 42.1. The van der Waals surface area contributed by atoms with E-state index in [0.29, 0.717) is 0 Å². The molecule has 0 spiro atoms. The Labute approximate surface area is 372 Å². The highest BCUT2D eigenvalue weighted by atomic mass is 32.1. The van der Waals surface area contributed by atoms with E-state index in [1.807, 2.05) is 11.3 Å². The largest absolute Gasteiger partial charge is 0.310 e. The minimum atomic E-state index is -0.0493. The Morgan fingerprint density at radius 2 is 0.889 bits per heavy atom. The van der Waals surface area contributed by atoms with Crippen LogP contribution in [-0.4, -0.2) is 0 Å². The second kappa shape index (κ2) is 14.8. The Morgan fingerprint density at radius 3 is 1.73 bits per heavy atom. The molecule has 2 heteroatoms. The molecule has 1 aliphatic rings. The van der Waals surface area contributed by atoms with Gasteiger partial charge in [-0.1, -0.05) is 178 Å². The van der Waals surface area contributed by atoms with Crippen molar-refractivity contribution in [3.8, 4) is 55.6 Å². The molecule has 0 N–H and O–H groups in total. The first kappa shape index (κ1) is 37.3. The molecule has 1 nitrogen and oxygen atoms in total. The Kier molecular flexibility index (Phi) is 8.77. The Hall–Kier alpha value is -7.52. The van der Waals surface area contributed by atoms with Gasteiger partial charge < -0.3 is 4.90 Å². The monoisotopic (exact) mass is 821 g/mol. The van der Waals surface area contributed by atoms with Crippen molar-refractivity contribution in [2.75, 3.05) is 4.90 Å². The summed E-state index contributed by atoms with van der Waals surface area (Å²) in [4.78, 5) is 2.40. The molecule has 0 unspecified atom stereocenters. The molecule has 1 heterocycles. The summed E-state index contributed by atoms with van der Waals surface area (Å²) in [6.07, 6.45) is 0. The molecule has 0 fully saturated rings. The highest BCUT2D eigenvalue weighted by molar-refractivity contribution is 7.25. The predicted octanol–water partition coefficient (Wildman–Crippen LogP) is 17.7. The molecular formula is C61H43NS. The number of fused-ring (bicyclic) bond motifs is 7. The second-order valence-electron chi connectivity index (χ2n) is 17.3. The molecular weight excluding hydrogens is 779 g/mol. The topological polar surface area (TPSA) is 3.24 Å². The fourth-order valence-corrected chi connectivity index (χ4v) is 11.2. The third kappa shape index (κ3) is 6.29. The summed E-state index contributed by atoms with van der Waals surface area (Å²) in [6, 6.07) is 82.8. The molecule has 11 aromatic rings. The van der Waals surface area contributed by atoms with Gasteiger partial charge >= 0.3 is 0 Å². The normalized spacial score (nSPS) is 12.7. The molecule has 1 aromatic heterocycles. The van der Waals surface area contributed by atoms with Crippen LogP contribution in [0.25, 0.3) is 86.6 Å². The van der Waals surface area contributed by atoms with Gasteiger partial charge in [0.1, 0.15) is 0 Å². The quantitative estimate of drug-likeness (QED) is 0.155. The molecule has 0 amide bonds. The maximum absolute atomic E-state index is 2.41. The SMILES string of the molecule is CC1(C)c2ccccc2-c2ccc(-c3ccc(N(c4ccc(-c5cccc6sc7ccccc7c56)cc4)c4cccc(-c5cccc(-c6cccc7ccccc67)c5)c4)cc3)cc21. The lowest BCUT2D eigenvalue weighted by Crippen LogP contribution is -2.14. The van der Waals surface area contributed by atoms with Gasteiger partial charge in [-0.05, 0) is 138 Å². The Balaban J connectivity index is 0.947. The molecule has 12 rings (SSSR count). The molecule has 0 aliphatic heterocycles. The average Bonchev–Trinajstić information content (AvgIpc) is 3.84. The lowest BCUT2D eigenvalue weighted by molar-refractivity contribution is 0.660. The van der Waals surface area contributed by atoms with Crippen LogP contribution in [0.15, 0.2) is 224 Å². The average molecular weight is 822 g/mol. The van der Waals surface area contributed by atoms with Gasteiger partial charge in [0.05, 0.1) is 0 Å². The number of rotatable bonds is 7. The minimum absolute atomic E-state index is 0.0493.